The number of carbonyl (C=O) groups is 2. The molecule has 1 amide bonds. The van der Waals surface area contributed by atoms with E-state index < -0.39 is 12.0 Å². The third-order valence-electron chi connectivity index (χ3n) is 3.12. The molecule has 3 N–H and O–H groups in total. The van der Waals surface area contributed by atoms with E-state index in [-0.39, 0.29) is 12.3 Å². The number of rotatable bonds is 5. The van der Waals surface area contributed by atoms with E-state index in [9.17, 15) is 9.59 Å². The molecule has 2 rings (SSSR count). The Morgan fingerprint density at radius 2 is 2.26 bits per heavy atom. The maximum Gasteiger partial charge on any atom is 0.305 e. The van der Waals surface area contributed by atoms with E-state index in [0.717, 1.165) is 23.5 Å². The molecule has 19 heavy (non-hydrogen) atoms. The van der Waals surface area contributed by atoms with Gasteiger partial charge in [0.15, 0.2) is 0 Å². The van der Waals surface area contributed by atoms with Crippen molar-refractivity contribution < 1.29 is 14.7 Å². The monoisotopic (exact) mass is 280 g/mol. The molecule has 0 spiro atoms. The highest BCUT2D eigenvalue weighted by Gasteiger charge is 2.22. The zero-order chi connectivity index (χ0) is 13.8. The first-order chi connectivity index (χ1) is 9.08. The van der Waals surface area contributed by atoms with E-state index in [0.29, 0.717) is 5.57 Å². The molecule has 1 saturated heterocycles. The fourth-order valence-electron chi connectivity index (χ4n) is 1.83. The summed E-state index contributed by atoms with van der Waals surface area (Å²) in [6.45, 7) is 3.25. The molecule has 1 aliphatic rings. The Balaban J connectivity index is 2.08. The van der Waals surface area contributed by atoms with Crippen molar-refractivity contribution in [2.45, 2.75) is 19.4 Å². The maximum absolute atomic E-state index is 12.1. The SMILES string of the molecule is CC(C(=O)NC(CC(=O)O)c1cccs1)=C1CNC1. The first kappa shape index (κ1) is 13.8. The van der Waals surface area contributed by atoms with Crippen LogP contribution in [0.25, 0.3) is 0 Å². The Bertz CT molecular complexity index is 502. The number of aliphatic carboxylic acids is 1. The fourth-order valence-corrected chi connectivity index (χ4v) is 2.61. The highest BCUT2D eigenvalue weighted by Crippen LogP contribution is 2.23. The van der Waals surface area contributed by atoms with Crippen LogP contribution in [0.5, 0.6) is 0 Å². The molecule has 0 saturated carbocycles. The summed E-state index contributed by atoms with van der Waals surface area (Å²) in [6.07, 6.45) is -0.104. The Hall–Kier alpha value is -1.66. The predicted molar refractivity (Wildman–Crippen MR) is 73.0 cm³/mol. The molecule has 0 bridgehead atoms. The Kier molecular flexibility index (Phi) is 4.34. The number of hydrogen-bond acceptors (Lipinski definition) is 4. The van der Waals surface area contributed by atoms with Gasteiger partial charge in [-0.05, 0) is 23.9 Å². The second-order valence-corrected chi connectivity index (χ2v) is 5.45. The van der Waals surface area contributed by atoms with Crippen LogP contribution < -0.4 is 10.6 Å². The van der Waals surface area contributed by atoms with Gasteiger partial charge in [0.05, 0.1) is 12.5 Å². The molecule has 0 aliphatic carbocycles. The average Bonchev–Trinajstić information content (AvgIpc) is 2.78. The first-order valence-corrected chi connectivity index (χ1v) is 6.91. The molecule has 2 heterocycles. The second-order valence-electron chi connectivity index (χ2n) is 4.47. The summed E-state index contributed by atoms with van der Waals surface area (Å²) in [5, 5.41) is 16.7. The fraction of sp³-hybridized carbons (Fsp3) is 0.385. The normalized spacial score (nSPS) is 15.5. The molecule has 5 nitrogen and oxygen atoms in total. The van der Waals surface area contributed by atoms with Crippen molar-refractivity contribution >= 4 is 23.2 Å². The quantitative estimate of drug-likeness (QED) is 0.710. The summed E-state index contributed by atoms with van der Waals surface area (Å²) < 4.78 is 0. The Labute approximate surface area is 115 Å². The number of carbonyl (C=O) groups excluding carboxylic acids is 1. The van der Waals surface area contributed by atoms with Crippen molar-refractivity contribution in [3.63, 3.8) is 0 Å². The van der Waals surface area contributed by atoms with Crippen LogP contribution in [0, 0.1) is 0 Å². The smallest absolute Gasteiger partial charge is 0.305 e. The molecule has 1 atom stereocenters. The number of carboxylic acid groups (broad SMARTS) is 1. The molecule has 1 fully saturated rings. The molecule has 1 aromatic heterocycles. The summed E-state index contributed by atoms with van der Waals surface area (Å²) >= 11 is 1.45. The van der Waals surface area contributed by atoms with E-state index >= 15 is 0 Å². The summed E-state index contributed by atoms with van der Waals surface area (Å²) in [7, 11) is 0. The van der Waals surface area contributed by atoms with Crippen LogP contribution in [0.2, 0.25) is 0 Å². The number of nitrogens with one attached hydrogen (secondary N) is 2. The summed E-state index contributed by atoms with van der Waals surface area (Å²) in [4.78, 5) is 23.8. The highest BCUT2D eigenvalue weighted by atomic mass is 32.1. The molecular formula is C13H16N2O3S. The lowest BCUT2D eigenvalue weighted by atomic mass is 10.0. The van der Waals surface area contributed by atoms with Gasteiger partial charge in [0.2, 0.25) is 5.91 Å². The van der Waals surface area contributed by atoms with Crippen molar-refractivity contribution in [1.82, 2.24) is 10.6 Å². The van der Waals surface area contributed by atoms with Crippen molar-refractivity contribution in [3.8, 4) is 0 Å². The van der Waals surface area contributed by atoms with Crippen LogP contribution >= 0.6 is 11.3 Å². The van der Waals surface area contributed by atoms with Crippen LogP contribution in [0.4, 0.5) is 0 Å². The van der Waals surface area contributed by atoms with Gasteiger partial charge in [-0.3, -0.25) is 9.59 Å². The van der Waals surface area contributed by atoms with Crippen LogP contribution in [0.15, 0.2) is 28.7 Å². The van der Waals surface area contributed by atoms with Gasteiger partial charge in [-0.25, -0.2) is 0 Å². The standard InChI is InChI=1S/C13H16N2O3S/c1-8(9-6-14-7-9)13(18)15-10(5-12(16)17)11-3-2-4-19-11/h2-4,10,14H,5-7H2,1H3,(H,15,18)(H,16,17). The molecule has 6 heteroatoms. The van der Waals surface area contributed by atoms with E-state index in [4.69, 9.17) is 5.11 Å². The summed E-state index contributed by atoms with van der Waals surface area (Å²) in [5.74, 6) is -1.11. The lowest BCUT2D eigenvalue weighted by Gasteiger charge is -2.23. The number of amides is 1. The van der Waals surface area contributed by atoms with Crippen LogP contribution in [0.3, 0.4) is 0 Å². The van der Waals surface area contributed by atoms with Gasteiger partial charge >= 0.3 is 5.97 Å². The van der Waals surface area contributed by atoms with Crippen LogP contribution in [0.1, 0.15) is 24.3 Å². The molecule has 1 aromatic rings. The molecule has 1 unspecified atom stereocenters. The lowest BCUT2D eigenvalue weighted by molar-refractivity contribution is -0.137. The second kappa shape index (κ2) is 5.99. The van der Waals surface area contributed by atoms with Crippen molar-refractivity contribution in [3.05, 3.63) is 33.5 Å². The topological polar surface area (TPSA) is 78.4 Å². The zero-order valence-corrected chi connectivity index (χ0v) is 11.4. The van der Waals surface area contributed by atoms with Gasteiger partial charge in [-0.15, -0.1) is 11.3 Å². The van der Waals surface area contributed by atoms with Crippen molar-refractivity contribution in [2.75, 3.05) is 13.1 Å². The summed E-state index contributed by atoms with van der Waals surface area (Å²) in [5.41, 5.74) is 1.77. The Morgan fingerprint density at radius 3 is 2.74 bits per heavy atom. The largest absolute Gasteiger partial charge is 0.481 e. The van der Waals surface area contributed by atoms with Crippen LogP contribution in [-0.4, -0.2) is 30.1 Å². The minimum Gasteiger partial charge on any atom is -0.481 e. The van der Waals surface area contributed by atoms with Crippen LogP contribution in [-0.2, 0) is 9.59 Å². The van der Waals surface area contributed by atoms with Gasteiger partial charge in [0.1, 0.15) is 0 Å². The van der Waals surface area contributed by atoms with Gasteiger partial charge in [-0.2, -0.15) is 0 Å². The maximum atomic E-state index is 12.1. The molecule has 102 valence electrons. The van der Waals surface area contributed by atoms with Gasteiger partial charge in [-0.1, -0.05) is 6.07 Å². The van der Waals surface area contributed by atoms with Gasteiger partial charge in [0.25, 0.3) is 0 Å². The number of carboxylic acids is 1. The van der Waals surface area contributed by atoms with Crippen molar-refractivity contribution in [1.29, 1.82) is 0 Å². The third-order valence-corrected chi connectivity index (χ3v) is 4.10. The average molecular weight is 280 g/mol. The number of hydrogen-bond donors (Lipinski definition) is 3. The zero-order valence-electron chi connectivity index (χ0n) is 10.6. The minimum atomic E-state index is -0.922. The van der Waals surface area contributed by atoms with E-state index in [1.165, 1.54) is 11.3 Å². The highest BCUT2D eigenvalue weighted by molar-refractivity contribution is 7.10. The third kappa shape index (κ3) is 3.42. The first-order valence-electron chi connectivity index (χ1n) is 6.03. The Morgan fingerprint density at radius 1 is 1.53 bits per heavy atom. The van der Waals surface area contributed by atoms with Gasteiger partial charge in [0, 0.05) is 23.5 Å². The minimum absolute atomic E-state index is 0.104. The molecule has 1 aliphatic heterocycles. The van der Waals surface area contributed by atoms with Crippen molar-refractivity contribution in [2.24, 2.45) is 0 Å². The molecule has 0 radical (unpaired) electrons. The van der Waals surface area contributed by atoms with Gasteiger partial charge < -0.3 is 15.7 Å². The van der Waals surface area contributed by atoms with E-state index in [1.54, 1.807) is 6.92 Å². The lowest BCUT2D eigenvalue weighted by Crippen LogP contribution is -2.38. The molecule has 0 aromatic carbocycles. The number of thiophene rings is 1. The van der Waals surface area contributed by atoms with E-state index in [2.05, 4.69) is 10.6 Å². The van der Waals surface area contributed by atoms with E-state index in [1.807, 2.05) is 17.5 Å². The molecular weight excluding hydrogens is 264 g/mol. The summed E-state index contributed by atoms with van der Waals surface area (Å²) in [6, 6.07) is 3.22. The predicted octanol–water partition coefficient (Wildman–Crippen LogP) is 1.30.